The zero-order valence-corrected chi connectivity index (χ0v) is 29.6. The van der Waals surface area contributed by atoms with Gasteiger partial charge in [0.2, 0.25) is 0 Å². The smallest absolute Gasteiger partial charge is 0.259 e. The van der Waals surface area contributed by atoms with E-state index in [1.54, 1.807) is 0 Å². The van der Waals surface area contributed by atoms with Crippen LogP contribution in [0.2, 0.25) is 0 Å². The van der Waals surface area contributed by atoms with Crippen LogP contribution in [-0.2, 0) is 19.6 Å². The number of nitrogens with zero attached hydrogens (tertiary/aromatic N) is 3. The first kappa shape index (κ1) is 31.9. The van der Waals surface area contributed by atoms with Crippen LogP contribution < -0.4 is 16.7 Å². The van der Waals surface area contributed by atoms with Crippen molar-refractivity contribution in [2.45, 2.75) is 81.9 Å². The minimum atomic E-state index is -0.0378. The molecule has 0 saturated carbocycles. The lowest BCUT2D eigenvalue weighted by molar-refractivity contribution is 0.525. The largest absolute Gasteiger partial charge is 0.307 e. The van der Waals surface area contributed by atoms with Crippen molar-refractivity contribution in [3.05, 3.63) is 102 Å². The molecule has 3 aromatic heterocycles. The summed E-state index contributed by atoms with van der Waals surface area (Å²) < 4.78 is 5.78. The van der Waals surface area contributed by atoms with Crippen LogP contribution in [0.15, 0.2) is 69.0 Å². The average molecular weight is 640 g/mol. The Morgan fingerprint density at radius 1 is 0.438 bits per heavy atom. The maximum atomic E-state index is 14.9. The van der Waals surface area contributed by atoms with Crippen LogP contribution in [0.1, 0.15) is 58.2 Å². The number of fused-ring (bicyclic) bond motifs is 11. The number of aromatic nitrogens is 3. The van der Waals surface area contributed by atoms with E-state index in [1.165, 1.54) is 0 Å². The Morgan fingerprint density at radius 3 is 1.44 bits per heavy atom. The Labute approximate surface area is 280 Å². The molecule has 0 aliphatic rings. The fraction of sp³-hybridized carbons (Fsp3) is 0.357. The molecule has 0 N–H and O–H groups in total. The van der Waals surface area contributed by atoms with Crippen molar-refractivity contribution in [1.82, 2.24) is 13.7 Å². The highest BCUT2D eigenvalue weighted by molar-refractivity contribution is 6.35. The predicted octanol–water partition coefficient (Wildman–Crippen LogP) is 8.98. The highest BCUT2D eigenvalue weighted by atomic mass is 16.1. The summed E-state index contributed by atoms with van der Waals surface area (Å²) >= 11 is 0. The number of aryl methyl sites for hydroxylation is 3. The van der Waals surface area contributed by atoms with E-state index in [0.29, 0.717) is 35.8 Å². The standard InChI is InChI=1S/C42H45N3O3/c1-22(2)19-43-30-16-12-13-25(7)33(30)38-34(41(43)47)27(9)18-32-37(38)39-35(42(48)45(32)21-24(5)6)26(8)17-31-36(39)28-14-10-11-15-29(28)40(46)44(31)20-23(3)4/h10-18,22-24H,19-21H2,1-9H3. The van der Waals surface area contributed by atoms with Crippen molar-refractivity contribution in [1.29, 1.82) is 0 Å². The van der Waals surface area contributed by atoms with Crippen LogP contribution in [0.5, 0.6) is 0 Å². The minimum absolute atomic E-state index is 0.00973. The highest BCUT2D eigenvalue weighted by Gasteiger charge is 2.25. The van der Waals surface area contributed by atoms with Crippen molar-refractivity contribution < 1.29 is 0 Å². The molecule has 0 unspecified atom stereocenters. The number of hydrogen-bond acceptors (Lipinski definition) is 3. The average Bonchev–Trinajstić information content (AvgIpc) is 3.02. The summed E-state index contributed by atoms with van der Waals surface area (Å²) in [5, 5.41) is 7.35. The van der Waals surface area contributed by atoms with Crippen molar-refractivity contribution in [3.8, 4) is 0 Å². The van der Waals surface area contributed by atoms with Gasteiger partial charge >= 0.3 is 0 Å². The summed E-state index contributed by atoms with van der Waals surface area (Å²) in [7, 11) is 0. The van der Waals surface area contributed by atoms with Gasteiger partial charge in [-0.2, -0.15) is 0 Å². The molecule has 0 spiro atoms. The van der Waals surface area contributed by atoms with Gasteiger partial charge in [0.15, 0.2) is 0 Å². The molecule has 6 heteroatoms. The molecule has 0 aliphatic carbocycles. The molecule has 7 rings (SSSR count). The van der Waals surface area contributed by atoms with E-state index >= 15 is 0 Å². The molecule has 7 aromatic rings. The molecule has 246 valence electrons. The van der Waals surface area contributed by atoms with Gasteiger partial charge in [0.25, 0.3) is 16.7 Å². The number of hydrogen-bond donors (Lipinski definition) is 0. The lowest BCUT2D eigenvalue weighted by Crippen LogP contribution is -2.27. The molecular weight excluding hydrogens is 594 g/mol. The van der Waals surface area contributed by atoms with Crippen LogP contribution in [0.4, 0.5) is 0 Å². The molecule has 0 aliphatic heterocycles. The third-order valence-electron chi connectivity index (χ3n) is 9.86. The van der Waals surface area contributed by atoms with Gasteiger partial charge < -0.3 is 13.7 Å². The van der Waals surface area contributed by atoms with Crippen LogP contribution in [-0.4, -0.2) is 13.7 Å². The van der Waals surface area contributed by atoms with E-state index in [9.17, 15) is 14.4 Å². The third kappa shape index (κ3) is 4.63. The van der Waals surface area contributed by atoms with E-state index in [-0.39, 0.29) is 34.4 Å². The molecule has 48 heavy (non-hydrogen) atoms. The van der Waals surface area contributed by atoms with Crippen LogP contribution in [0.3, 0.4) is 0 Å². The van der Waals surface area contributed by atoms with Crippen molar-refractivity contribution >= 4 is 65.0 Å². The summed E-state index contributed by atoms with van der Waals surface area (Å²) in [6.45, 7) is 20.6. The topological polar surface area (TPSA) is 66.0 Å². The summed E-state index contributed by atoms with van der Waals surface area (Å²) in [5.74, 6) is 0.723. The number of rotatable bonds is 6. The van der Waals surface area contributed by atoms with Gasteiger partial charge in [-0.3, -0.25) is 14.4 Å². The lowest BCUT2D eigenvalue weighted by Gasteiger charge is -2.24. The van der Waals surface area contributed by atoms with E-state index in [1.807, 2.05) is 63.9 Å². The SMILES string of the molecule is Cc1cc2c(c3c1c(=O)n(CC(C)C)c1cccc(C)c31)c1c(c(C)cc3c1c1ccccc1c(=O)n3CC(C)C)c(=O)n2CC(C)C. The van der Waals surface area contributed by atoms with Crippen molar-refractivity contribution in [3.63, 3.8) is 0 Å². The molecule has 0 saturated heterocycles. The molecular formula is C42H45N3O3. The second-order valence-corrected chi connectivity index (χ2v) is 15.1. The van der Waals surface area contributed by atoms with Crippen LogP contribution in [0.25, 0.3) is 65.0 Å². The van der Waals surface area contributed by atoms with E-state index in [0.717, 1.165) is 65.6 Å². The number of benzene rings is 4. The normalized spacial score (nSPS) is 12.5. The molecule has 0 radical (unpaired) electrons. The van der Waals surface area contributed by atoms with E-state index in [4.69, 9.17) is 0 Å². The maximum absolute atomic E-state index is 14.9. The van der Waals surface area contributed by atoms with Crippen molar-refractivity contribution in [2.24, 2.45) is 17.8 Å². The minimum Gasteiger partial charge on any atom is -0.307 e. The maximum Gasteiger partial charge on any atom is 0.259 e. The van der Waals surface area contributed by atoms with Gasteiger partial charge in [-0.1, -0.05) is 71.9 Å². The summed E-state index contributed by atoms with van der Waals surface area (Å²) in [6, 6.07) is 18.1. The van der Waals surface area contributed by atoms with Gasteiger partial charge in [-0.25, -0.2) is 0 Å². The quantitative estimate of drug-likeness (QED) is 0.171. The Balaban J connectivity index is 1.95. The molecule has 0 fully saturated rings. The molecule has 4 aromatic carbocycles. The molecule has 0 atom stereocenters. The van der Waals surface area contributed by atoms with Crippen molar-refractivity contribution in [2.75, 3.05) is 0 Å². The first-order valence-corrected chi connectivity index (χ1v) is 17.3. The zero-order valence-electron chi connectivity index (χ0n) is 29.6. The predicted molar refractivity (Wildman–Crippen MR) is 203 cm³/mol. The Morgan fingerprint density at radius 2 is 0.896 bits per heavy atom. The zero-order chi connectivity index (χ0) is 34.3. The summed E-state index contributed by atoms with van der Waals surface area (Å²) in [5.41, 5.74) is 5.25. The number of pyridine rings is 3. The highest BCUT2D eigenvalue weighted by Crippen LogP contribution is 2.42. The molecule has 0 bridgehead atoms. The summed E-state index contributed by atoms with van der Waals surface area (Å²) in [4.78, 5) is 43.7. The fourth-order valence-electron chi connectivity index (χ4n) is 8.07. The second-order valence-electron chi connectivity index (χ2n) is 15.1. The third-order valence-corrected chi connectivity index (χ3v) is 9.86. The monoisotopic (exact) mass is 639 g/mol. The van der Waals surface area contributed by atoms with Crippen LogP contribution in [0, 0.1) is 38.5 Å². The molecule has 3 heterocycles. The van der Waals surface area contributed by atoms with E-state index in [2.05, 4.69) is 66.7 Å². The summed E-state index contributed by atoms with van der Waals surface area (Å²) in [6.07, 6.45) is 0. The second kappa shape index (κ2) is 11.5. The Bertz CT molecular complexity index is 2670. The Hall–Kier alpha value is -4.71. The lowest BCUT2D eigenvalue weighted by atomic mass is 9.89. The van der Waals surface area contributed by atoms with Gasteiger partial charge in [0.05, 0.1) is 27.3 Å². The van der Waals surface area contributed by atoms with Gasteiger partial charge in [0.1, 0.15) is 0 Å². The van der Waals surface area contributed by atoms with E-state index < -0.39 is 0 Å². The van der Waals surface area contributed by atoms with Crippen LogP contribution >= 0.6 is 0 Å². The first-order chi connectivity index (χ1) is 22.8. The molecule has 6 nitrogen and oxygen atoms in total. The van der Waals surface area contributed by atoms with Gasteiger partial charge in [0, 0.05) is 52.0 Å². The molecule has 0 amide bonds. The Kier molecular flexibility index (Phi) is 7.61. The first-order valence-electron chi connectivity index (χ1n) is 17.3. The van der Waals surface area contributed by atoms with Gasteiger partial charge in [-0.15, -0.1) is 0 Å². The fourth-order valence-corrected chi connectivity index (χ4v) is 8.07. The van der Waals surface area contributed by atoms with Gasteiger partial charge in [-0.05, 0) is 84.9 Å².